The molecule has 0 atom stereocenters. The first-order valence-electron chi connectivity index (χ1n) is 5.63. The summed E-state index contributed by atoms with van der Waals surface area (Å²) in [5, 5.41) is 7.45. The lowest BCUT2D eigenvalue weighted by atomic mass is 10.1. The van der Waals surface area contributed by atoms with Crippen LogP contribution < -0.4 is 10.7 Å². The Labute approximate surface area is 113 Å². The molecule has 1 aromatic carbocycles. The van der Waals surface area contributed by atoms with Gasteiger partial charge in [-0.25, -0.2) is 0 Å². The van der Waals surface area contributed by atoms with Crippen molar-refractivity contribution in [3.05, 3.63) is 54.1 Å². The predicted octanol–water partition coefficient (Wildman–Crippen LogP) is 2.73. The first-order valence-corrected chi connectivity index (χ1v) is 6.04. The van der Waals surface area contributed by atoms with Crippen molar-refractivity contribution in [2.75, 3.05) is 6.54 Å². The predicted molar refractivity (Wildman–Crippen MR) is 82.5 cm³/mol. The van der Waals surface area contributed by atoms with Gasteiger partial charge in [0, 0.05) is 6.54 Å². The van der Waals surface area contributed by atoms with Crippen LogP contribution in [0.3, 0.4) is 0 Å². The molecule has 0 radical (unpaired) electrons. The maximum Gasteiger partial charge on any atom is 0.187 e. The Morgan fingerprint density at radius 3 is 2.78 bits per heavy atom. The van der Waals surface area contributed by atoms with Crippen molar-refractivity contribution in [3.63, 3.8) is 0 Å². The Bertz CT molecular complexity index is 449. The molecule has 0 spiro atoms. The molecular weight excluding hydrogens is 242 g/mol. The number of allylic oxidation sites excluding steroid dienone is 1. The fraction of sp³-hybridized carbons (Fsp3) is 0.143. The number of hydrazone groups is 1. The van der Waals surface area contributed by atoms with Crippen molar-refractivity contribution in [3.8, 4) is 0 Å². The summed E-state index contributed by atoms with van der Waals surface area (Å²) in [7, 11) is 0. The molecule has 0 aliphatic heterocycles. The molecule has 18 heavy (non-hydrogen) atoms. The molecule has 1 rings (SSSR count). The van der Waals surface area contributed by atoms with Crippen LogP contribution in [0, 0.1) is 0 Å². The van der Waals surface area contributed by atoms with Crippen molar-refractivity contribution >= 4 is 29.6 Å². The zero-order valence-corrected chi connectivity index (χ0v) is 11.2. The van der Waals surface area contributed by atoms with Gasteiger partial charge in [0.2, 0.25) is 0 Å². The Morgan fingerprint density at radius 2 is 2.11 bits per heavy atom. The Morgan fingerprint density at radius 1 is 1.39 bits per heavy atom. The highest BCUT2D eigenvalue weighted by atomic mass is 32.1. The van der Waals surface area contributed by atoms with E-state index in [1.54, 1.807) is 12.3 Å². The number of benzene rings is 1. The van der Waals surface area contributed by atoms with E-state index >= 15 is 0 Å². The minimum Gasteiger partial charge on any atom is -0.358 e. The SMILES string of the molecule is C=CCNC(=S)NN=C/C(C)=C\c1ccccc1. The van der Waals surface area contributed by atoms with Crippen molar-refractivity contribution in [1.29, 1.82) is 0 Å². The highest BCUT2D eigenvalue weighted by Gasteiger charge is 1.89. The maximum absolute atomic E-state index is 5.00. The first kappa shape index (κ1) is 14.1. The van der Waals surface area contributed by atoms with E-state index in [4.69, 9.17) is 12.2 Å². The molecule has 0 saturated heterocycles. The minimum atomic E-state index is 0.485. The van der Waals surface area contributed by atoms with Gasteiger partial charge in [-0.05, 0) is 30.3 Å². The molecular formula is C14H17N3S. The lowest BCUT2D eigenvalue weighted by Crippen LogP contribution is -2.31. The standard InChI is InChI=1S/C14H17N3S/c1-3-9-15-14(18)17-16-11-12(2)10-13-7-5-4-6-8-13/h3-8,10-11H,1,9H2,2H3,(H2,15,17,18)/b12-10-,16-11?. The largest absolute Gasteiger partial charge is 0.358 e. The van der Waals surface area contributed by atoms with E-state index in [0.29, 0.717) is 11.7 Å². The van der Waals surface area contributed by atoms with Gasteiger partial charge in [0.15, 0.2) is 5.11 Å². The fourth-order valence-corrected chi connectivity index (χ4v) is 1.38. The highest BCUT2D eigenvalue weighted by molar-refractivity contribution is 7.80. The number of nitrogens with one attached hydrogen (secondary N) is 2. The zero-order chi connectivity index (χ0) is 13.2. The van der Waals surface area contributed by atoms with Crippen LogP contribution >= 0.6 is 12.2 Å². The normalized spacial score (nSPS) is 11.3. The summed E-state index contributed by atoms with van der Waals surface area (Å²) in [5.41, 5.74) is 4.92. The summed E-state index contributed by atoms with van der Waals surface area (Å²) in [4.78, 5) is 0. The second kappa shape index (κ2) is 8.20. The Hall–Kier alpha value is -1.94. The molecule has 0 amide bonds. The van der Waals surface area contributed by atoms with Crippen LogP contribution in [0.5, 0.6) is 0 Å². The first-order chi connectivity index (χ1) is 8.72. The number of thiocarbonyl (C=S) groups is 1. The van der Waals surface area contributed by atoms with E-state index in [2.05, 4.69) is 22.4 Å². The third kappa shape index (κ3) is 5.96. The summed E-state index contributed by atoms with van der Waals surface area (Å²) in [5.74, 6) is 0. The van der Waals surface area contributed by atoms with Crippen LogP contribution in [0.2, 0.25) is 0 Å². The molecule has 2 N–H and O–H groups in total. The molecule has 0 unspecified atom stereocenters. The number of hydrogen-bond acceptors (Lipinski definition) is 2. The summed E-state index contributed by atoms with van der Waals surface area (Å²) >= 11 is 5.00. The van der Waals surface area contributed by atoms with Gasteiger partial charge in [-0.3, -0.25) is 5.43 Å². The average molecular weight is 259 g/mol. The Kier molecular flexibility index (Phi) is 6.43. The van der Waals surface area contributed by atoms with Crippen molar-refractivity contribution in [2.45, 2.75) is 6.92 Å². The number of nitrogens with zero attached hydrogens (tertiary/aromatic N) is 1. The van der Waals surface area contributed by atoms with Crippen LogP contribution in [0.15, 0.2) is 53.7 Å². The lowest BCUT2D eigenvalue weighted by molar-refractivity contribution is 0.941. The van der Waals surface area contributed by atoms with Gasteiger partial charge in [0.05, 0.1) is 6.21 Å². The van der Waals surface area contributed by atoms with Crippen LogP contribution in [-0.2, 0) is 0 Å². The summed E-state index contributed by atoms with van der Waals surface area (Å²) in [6, 6.07) is 10.1. The van der Waals surface area contributed by atoms with Gasteiger partial charge in [0.25, 0.3) is 0 Å². The molecule has 0 aliphatic carbocycles. The zero-order valence-electron chi connectivity index (χ0n) is 10.4. The van der Waals surface area contributed by atoms with Gasteiger partial charge in [-0.15, -0.1) is 6.58 Å². The molecule has 0 aliphatic rings. The van der Waals surface area contributed by atoms with E-state index in [1.165, 1.54) is 0 Å². The smallest absolute Gasteiger partial charge is 0.187 e. The number of hydrogen-bond donors (Lipinski definition) is 2. The molecule has 0 heterocycles. The summed E-state index contributed by atoms with van der Waals surface area (Å²) < 4.78 is 0. The molecule has 94 valence electrons. The van der Waals surface area contributed by atoms with Gasteiger partial charge < -0.3 is 5.32 Å². The van der Waals surface area contributed by atoms with Gasteiger partial charge in [-0.1, -0.05) is 42.5 Å². The monoisotopic (exact) mass is 259 g/mol. The molecule has 0 saturated carbocycles. The van der Waals surface area contributed by atoms with E-state index < -0.39 is 0 Å². The quantitative estimate of drug-likeness (QED) is 0.369. The fourth-order valence-electron chi connectivity index (χ4n) is 1.25. The third-order valence-corrected chi connectivity index (χ3v) is 2.27. The van der Waals surface area contributed by atoms with E-state index in [1.807, 2.05) is 43.3 Å². The molecule has 4 heteroatoms. The second-order valence-corrected chi connectivity index (χ2v) is 4.08. The molecule has 3 nitrogen and oxygen atoms in total. The summed E-state index contributed by atoms with van der Waals surface area (Å²) in [6.45, 7) is 6.20. The molecule has 0 fully saturated rings. The maximum atomic E-state index is 5.00. The van der Waals surface area contributed by atoms with Crippen molar-refractivity contribution in [2.24, 2.45) is 5.10 Å². The molecule has 0 aromatic heterocycles. The van der Waals surface area contributed by atoms with Gasteiger partial charge in [-0.2, -0.15) is 5.10 Å². The second-order valence-electron chi connectivity index (χ2n) is 3.67. The van der Waals surface area contributed by atoms with Crippen LogP contribution in [0.4, 0.5) is 0 Å². The third-order valence-electron chi connectivity index (χ3n) is 2.04. The molecule has 0 bridgehead atoms. The minimum absolute atomic E-state index is 0.485. The van der Waals surface area contributed by atoms with E-state index in [0.717, 1.165) is 11.1 Å². The van der Waals surface area contributed by atoms with Crippen LogP contribution in [-0.4, -0.2) is 17.9 Å². The van der Waals surface area contributed by atoms with Crippen molar-refractivity contribution < 1.29 is 0 Å². The summed E-state index contributed by atoms with van der Waals surface area (Å²) in [6.07, 6.45) is 5.51. The average Bonchev–Trinajstić information content (AvgIpc) is 2.37. The van der Waals surface area contributed by atoms with Crippen molar-refractivity contribution in [1.82, 2.24) is 10.7 Å². The lowest BCUT2D eigenvalue weighted by Gasteiger charge is -2.03. The van der Waals surface area contributed by atoms with Gasteiger partial charge >= 0.3 is 0 Å². The van der Waals surface area contributed by atoms with Gasteiger partial charge in [0.1, 0.15) is 0 Å². The molecule has 1 aromatic rings. The van der Waals surface area contributed by atoms with Crippen LogP contribution in [0.1, 0.15) is 12.5 Å². The highest BCUT2D eigenvalue weighted by Crippen LogP contribution is 2.04. The van der Waals surface area contributed by atoms with E-state index in [9.17, 15) is 0 Å². The van der Waals surface area contributed by atoms with Crippen LogP contribution in [0.25, 0.3) is 6.08 Å². The van der Waals surface area contributed by atoms with E-state index in [-0.39, 0.29) is 0 Å². The number of rotatable bonds is 5. The Balaban J connectivity index is 2.44. The topological polar surface area (TPSA) is 36.4 Å².